The van der Waals surface area contributed by atoms with Gasteiger partial charge in [0.1, 0.15) is 0 Å². The lowest BCUT2D eigenvalue weighted by Crippen LogP contribution is -1.84. The van der Waals surface area contributed by atoms with Gasteiger partial charge in [0.15, 0.2) is 0 Å². The predicted octanol–water partition coefficient (Wildman–Crippen LogP) is 17.0. The molecule has 0 aliphatic carbocycles. The van der Waals surface area contributed by atoms with Gasteiger partial charge in [0.25, 0.3) is 0 Å². The summed E-state index contributed by atoms with van der Waals surface area (Å²) in [6.45, 7) is 27.1. The standard InChI is InChI=1S/C52H84O/c1-42(2)20-13-21-48(8)34-36-51(11)38-39-52(12)37-35-49(9)32-18-30-46(6)28-16-26-44(4)24-14-22-43(3)23-15-25-45(5)27-17-29-47(7)31-19-33-50(10)40-41-53/h20,23-24,27-28,31-32,34,37-38,40,53H,13-19,21-22,25-26,29-30,33,35-36,39,41H2,1-12H3/b43-23-,44-24-,45-27-,46-28-,47-31-,48-34+,49-32-,50-40-,51-38+,52-37+. The van der Waals surface area contributed by atoms with Crippen LogP contribution in [-0.2, 0) is 0 Å². The highest BCUT2D eigenvalue weighted by molar-refractivity contribution is 5.16. The van der Waals surface area contributed by atoms with E-state index in [1.165, 1.54) is 67.7 Å². The molecule has 0 amide bonds. The van der Waals surface area contributed by atoms with Gasteiger partial charge in [-0.2, -0.15) is 0 Å². The maximum absolute atomic E-state index is 8.98. The molecule has 0 spiro atoms. The van der Waals surface area contributed by atoms with E-state index in [1.807, 2.05) is 6.08 Å². The molecule has 0 bridgehead atoms. The highest BCUT2D eigenvalue weighted by Gasteiger charge is 1.98. The Balaban J connectivity index is 4.35. The summed E-state index contributed by atoms with van der Waals surface area (Å²) in [6, 6.07) is 0. The van der Waals surface area contributed by atoms with Crippen molar-refractivity contribution in [3.05, 3.63) is 128 Å². The van der Waals surface area contributed by atoms with E-state index in [1.54, 1.807) is 0 Å². The number of allylic oxidation sites excluding steroid dienone is 21. The Morgan fingerprint density at radius 2 is 0.472 bits per heavy atom. The molecule has 53 heavy (non-hydrogen) atoms. The minimum absolute atomic E-state index is 0.149. The van der Waals surface area contributed by atoms with Gasteiger partial charge in [-0.3, -0.25) is 0 Å². The van der Waals surface area contributed by atoms with Crippen molar-refractivity contribution < 1.29 is 5.11 Å². The average molecular weight is 725 g/mol. The molecule has 0 heterocycles. The smallest absolute Gasteiger partial charge is 0.0614 e. The van der Waals surface area contributed by atoms with Crippen LogP contribution in [0.15, 0.2) is 128 Å². The Labute approximate surface area is 331 Å². The molecule has 0 saturated heterocycles. The van der Waals surface area contributed by atoms with Crippen LogP contribution in [-0.4, -0.2) is 11.7 Å². The minimum Gasteiger partial charge on any atom is -0.392 e. The fourth-order valence-electron chi connectivity index (χ4n) is 5.99. The first-order valence-electron chi connectivity index (χ1n) is 21.0. The van der Waals surface area contributed by atoms with Gasteiger partial charge in [0, 0.05) is 0 Å². The Morgan fingerprint density at radius 3 is 0.755 bits per heavy atom. The lowest BCUT2D eigenvalue weighted by molar-refractivity contribution is 0.341. The summed E-state index contributed by atoms with van der Waals surface area (Å²) in [5.41, 5.74) is 16.1. The normalized spacial score (nSPS) is 15.1. The molecule has 1 N–H and O–H groups in total. The van der Waals surface area contributed by atoms with Crippen LogP contribution in [0.4, 0.5) is 0 Å². The molecule has 1 nitrogen and oxygen atoms in total. The molecule has 0 fully saturated rings. The van der Waals surface area contributed by atoms with Crippen molar-refractivity contribution in [3.63, 3.8) is 0 Å². The van der Waals surface area contributed by atoms with Crippen LogP contribution in [0.3, 0.4) is 0 Å². The first-order chi connectivity index (χ1) is 25.2. The zero-order valence-electron chi connectivity index (χ0n) is 37.0. The van der Waals surface area contributed by atoms with Gasteiger partial charge in [-0.15, -0.1) is 0 Å². The minimum atomic E-state index is 0.149. The van der Waals surface area contributed by atoms with E-state index in [0.717, 1.165) is 103 Å². The summed E-state index contributed by atoms with van der Waals surface area (Å²) >= 11 is 0. The average Bonchev–Trinajstić information content (AvgIpc) is 3.08. The zero-order valence-corrected chi connectivity index (χ0v) is 37.0. The molecule has 298 valence electrons. The van der Waals surface area contributed by atoms with Crippen molar-refractivity contribution in [1.29, 1.82) is 0 Å². The van der Waals surface area contributed by atoms with E-state index in [2.05, 4.69) is 144 Å². The van der Waals surface area contributed by atoms with Gasteiger partial charge in [-0.05, 0) is 192 Å². The van der Waals surface area contributed by atoms with Crippen LogP contribution >= 0.6 is 0 Å². The molecule has 0 atom stereocenters. The molecular formula is C52H84O. The van der Waals surface area contributed by atoms with Crippen molar-refractivity contribution in [1.82, 2.24) is 0 Å². The quantitative estimate of drug-likeness (QED) is 0.0797. The largest absolute Gasteiger partial charge is 0.392 e. The number of rotatable bonds is 28. The maximum atomic E-state index is 8.98. The molecule has 0 aromatic carbocycles. The third-order valence-corrected chi connectivity index (χ3v) is 10.0. The third-order valence-electron chi connectivity index (χ3n) is 10.0. The van der Waals surface area contributed by atoms with E-state index in [-0.39, 0.29) is 6.61 Å². The SMILES string of the molecule is CC(C)=CCC/C(C)=C/C/C(C)=C/C/C(C)=C/C/C(C)=C\CC/C(C)=C\CC/C(C)=C\CC/C(C)=C\CC/C(C)=C\CC/C(C)=C\CC/C(C)=C\CO. The van der Waals surface area contributed by atoms with Crippen molar-refractivity contribution in [3.8, 4) is 0 Å². The fourth-order valence-corrected chi connectivity index (χ4v) is 5.99. The molecule has 0 aromatic rings. The summed E-state index contributed by atoms with van der Waals surface area (Å²) in [7, 11) is 0. The van der Waals surface area contributed by atoms with Crippen LogP contribution in [0.1, 0.15) is 192 Å². The van der Waals surface area contributed by atoms with Gasteiger partial charge in [0.05, 0.1) is 6.61 Å². The molecule has 0 rings (SSSR count). The zero-order chi connectivity index (χ0) is 39.9. The second-order valence-electron chi connectivity index (χ2n) is 16.4. The molecular weight excluding hydrogens is 641 g/mol. The lowest BCUT2D eigenvalue weighted by Gasteiger charge is -2.04. The molecule has 1 heteroatoms. The van der Waals surface area contributed by atoms with E-state index in [9.17, 15) is 0 Å². The summed E-state index contributed by atoms with van der Waals surface area (Å²) in [5.74, 6) is 0. The Hall–Kier alpha value is -2.90. The van der Waals surface area contributed by atoms with Gasteiger partial charge in [-0.25, -0.2) is 0 Å². The number of aliphatic hydroxyl groups excluding tert-OH is 1. The predicted molar refractivity (Wildman–Crippen MR) is 243 cm³/mol. The number of hydrogen-bond acceptors (Lipinski definition) is 1. The highest BCUT2D eigenvalue weighted by atomic mass is 16.2. The monoisotopic (exact) mass is 725 g/mol. The van der Waals surface area contributed by atoms with Crippen molar-refractivity contribution in [2.24, 2.45) is 0 Å². The van der Waals surface area contributed by atoms with Gasteiger partial charge in [-0.1, -0.05) is 128 Å². The molecule has 0 saturated carbocycles. The fraction of sp³-hybridized carbons (Fsp3) is 0.577. The molecule has 0 aliphatic rings. The second kappa shape index (κ2) is 32.5. The van der Waals surface area contributed by atoms with Crippen LogP contribution in [0.2, 0.25) is 0 Å². The Morgan fingerprint density at radius 1 is 0.264 bits per heavy atom. The van der Waals surface area contributed by atoms with Crippen molar-refractivity contribution in [2.45, 2.75) is 192 Å². The van der Waals surface area contributed by atoms with E-state index in [4.69, 9.17) is 5.11 Å². The summed E-state index contributed by atoms with van der Waals surface area (Å²) in [5, 5.41) is 8.98. The van der Waals surface area contributed by atoms with Crippen LogP contribution < -0.4 is 0 Å². The molecule has 0 aromatic heterocycles. The molecule has 0 radical (unpaired) electrons. The van der Waals surface area contributed by atoms with Gasteiger partial charge < -0.3 is 5.11 Å². The van der Waals surface area contributed by atoms with Gasteiger partial charge >= 0.3 is 0 Å². The summed E-state index contributed by atoms with van der Waals surface area (Å²) < 4.78 is 0. The summed E-state index contributed by atoms with van der Waals surface area (Å²) in [4.78, 5) is 0. The van der Waals surface area contributed by atoms with E-state index in [0.29, 0.717) is 0 Å². The first kappa shape index (κ1) is 50.1. The Kier molecular flexibility index (Phi) is 30.7. The van der Waals surface area contributed by atoms with Crippen LogP contribution in [0.5, 0.6) is 0 Å². The molecule has 0 aliphatic heterocycles. The lowest BCUT2D eigenvalue weighted by atomic mass is 10.0. The number of aliphatic hydroxyl groups is 1. The second-order valence-corrected chi connectivity index (χ2v) is 16.4. The summed E-state index contributed by atoms with van der Waals surface area (Å²) in [6.07, 6.45) is 45.1. The van der Waals surface area contributed by atoms with Crippen LogP contribution in [0, 0.1) is 0 Å². The van der Waals surface area contributed by atoms with Crippen molar-refractivity contribution in [2.75, 3.05) is 6.61 Å². The topological polar surface area (TPSA) is 20.2 Å². The van der Waals surface area contributed by atoms with Crippen LogP contribution in [0.25, 0.3) is 0 Å². The van der Waals surface area contributed by atoms with E-state index < -0.39 is 0 Å². The van der Waals surface area contributed by atoms with Gasteiger partial charge in [0.2, 0.25) is 0 Å². The Bertz CT molecular complexity index is 1360. The molecule has 0 unspecified atom stereocenters. The van der Waals surface area contributed by atoms with E-state index >= 15 is 0 Å². The third kappa shape index (κ3) is 33.4. The first-order valence-corrected chi connectivity index (χ1v) is 21.0. The van der Waals surface area contributed by atoms with Crippen molar-refractivity contribution >= 4 is 0 Å². The number of hydrogen-bond donors (Lipinski definition) is 1. The highest BCUT2D eigenvalue weighted by Crippen LogP contribution is 2.18. The maximum Gasteiger partial charge on any atom is 0.0614 e.